The summed E-state index contributed by atoms with van der Waals surface area (Å²) in [5, 5.41) is 22.2. The van der Waals surface area contributed by atoms with Gasteiger partial charge in [-0.2, -0.15) is 0 Å². The molecule has 0 atom stereocenters. The second-order valence-electron chi connectivity index (χ2n) is 7.47. The second-order valence-corrected chi connectivity index (χ2v) is 9.14. The number of carbonyl (C=O) groups is 2. The smallest absolute Gasteiger partial charge is 0.344 e. The van der Waals surface area contributed by atoms with E-state index in [2.05, 4.69) is 0 Å². The molecule has 12 heteroatoms. The number of hydrogen-bond donors (Lipinski definition) is 0. The van der Waals surface area contributed by atoms with E-state index in [1.165, 1.54) is 17.0 Å². The van der Waals surface area contributed by atoms with Crippen molar-refractivity contribution in [1.29, 1.82) is 0 Å². The Labute approximate surface area is 213 Å². The molecule has 10 nitrogen and oxygen atoms in total. The van der Waals surface area contributed by atoms with Crippen molar-refractivity contribution in [1.82, 2.24) is 4.90 Å². The van der Waals surface area contributed by atoms with E-state index < -0.39 is 27.2 Å². The Morgan fingerprint density at radius 3 is 2.28 bits per heavy atom. The fourth-order valence-corrected chi connectivity index (χ4v) is 4.57. The summed E-state index contributed by atoms with van der Waals surface area (Å²) < 4.78 is 5.70. The largest absolute Gasteiger partial charge is 0.423 e. The van der Waals surface area contributed by atoms with Gasteiger partial charge in [-0.25, -0.2) is 4.79 Å². The molecule has 1 amide bonds. The molecule has 0 radical (unpaired) electrons. The summed E-state index contributed by atoms with van der Waals surface area (Å²) in [7, 11) is 0. The van der Waals surface area contributed by atoms with Crippen LogP contribution in [0.1, 0.15) is 21.5 Å². The molecule has 180 valence electrons. The van der Waals surface area contributed by atoms with Crippen LogP contribution in [0.15, 0.2) is 77.7 Å². The number of thiocarbonyl (C=S) groups is 1. The highest BCUT2D eigenvalue weighted by molar-refractivity contribution is 8.26. The lowest BCUT2D eigenvalue weighted by Gasteiger charge is -2.14. The number of benzene rings is 3. The zero-order valence-electron chi connectivity index (χ0n) is 18.2. The summed E-state index contributed by atoms with van der Waals surface area (Å²) >= 11 is 6.52. The third-order valence-electron chi connectivity index (χ3n) is 4.98. The highest BCUT2D eigenvalue weighted by Crippen LogP contribution is 2.34. The molecule has 36 heavy (non-hydrogen) atoms. The molecule has 0 aliphatic carbocycles. The van der Waals surface area contributed by atoms with Gasteiger partial charge < -0.3 is 4.74 Å². The van der Waals surface area contributed by atoms with Crippen LogP contribution < -0.4 is 4.74 Å². The van der Waals surface area contributed by atoms with Gasteiger partial charge >= 0.3 is 5.97 Å². The van der Waals surface area contributed by atoms with Gasteiger partial charge in [0.1, 0.15) is 10.1 Å². The van der Waals surface area contributed by atoms with Crippen molar-refractivity contribution >= 4 is 57.6 Å². The van der Waals surface area contributed by atoms with Crippen molar-refractivity contribution in [2.45, 2.75) is 6.54 Å². The van der Waals surface area contributed by atoms with Gasteiger partial charge in [0.2, 0.25) is 0 Å². The number of hydrogen-bond acceptors (Lipinski definition) is 9. The highest BCUT2D eigenvalue weighted by atomic mass is 32.2. The quantitative estimate of drug-likeness (QED) is 0.104. The van der Waals surface area contributed by atoms with Gasteiger partial charge in [0, 0.05) is 12.1 Å². The molecule has 1 aliphatic heterocycles. The lowest BCUT2D eigenvalue weighted by atomic mass is 10.1. The van der Waals surface area contributed by atoms with Crippen LogP contribution in [0.25, 0.3) is 6.08 Å². The zero-order chi connectivity index (χ0) is 25.8. The first-order valence-electron chi connectivity index (χ1n) is 10.3. The van der Waals surface area contributed by atoms with Gasteiger partial charge in [0.25, 0.3) is 17.3 Å². The summed E-state index contributed by atoms with van der Waals surface area (Å²) in [6, 6.07) is 18.2. The molecular formula is C24H15N3O7S2. The van der Waals surface area contributed by atoms with Crippen molar-refractivity contribution in [3.63, 3.8) is 0 Å². The maximum Gasteiger partial charge on any atom is 0.344 e. The van der Waals surface area contributed by atoms with E-state index >= 15 is 0 Å². The average molecular weight is 522 g/mol. The molecular weight excluding hydrogens is 506 g/mol. The number of non-ortho nitro benzene ring substituents is 2. The second kappa shape index (κ2) is 10.5. The minimum atomic E-state index is -1.01. The maximum absolute atomic E-state index is 12.9. The number of thioether (sulfide) groups is 1. The maximum atomic E-state index is 12.9. The van der Waals surface area contributed by atoms with Crippen LogP contribution in [0, 0.1) is 20.2 Å². The van der Waals surface area contributed by atoms with E-state index in [0.29, 0.717) is 21.3 Å². The van der Waals surface area contributed by atoms with Gasteiger partial charge in [-0.05, 0) is 29.3 Å². The van der Waals surface area contributed by atoms with Crippen LogP contribution in [-0.4, -0.2) is 30.9 Å². The van der Waals surface area contributed by atoms with Crippen LogP contribution in [0.3, 0.4) is 0 Å². The van der Waals surface area contributed by atoms with Crippen LogP contribution in [-0.2, 0) is 11.3 Å². The lowest BCUT2D eigenvalue weighted by molar-refractivity contribution is -0.394. The Bertz CT molecular complexity index is 1410. The minimum absolute atomic E-state index is 0.0858. The predicted molar refractivity (Wildman–Crippen MR) is 136 cm³/mol. The van der Waals surface area contributed by atoms with Gasteiger partial charge in [-0.1, -0.05) is 66.4 Å². The molecule has 1 aliphatic rings. The van der Waals surface area contributed by atoms with E-state index in [1.54, 1.807) is 18.2 Å². The molecule has 1 heterocycles. The van der Waals surface area contributed by atoms with Gasteiger partial charge in [0.05, 0.1) is 32.9 Å². The van der Waals surface area contributed by atoms with E-state index in [4.69, 9.17) is 17.0 Å². The number of ether oxygens (including phenoxy) is 1. The SMILES string of the molecule is O=C(Oc1cccc(/C=C2/SC(=S)N(Cc3ccccc3)C2=O)c1)c1cc([N+](=O)[O-])cc([N+](=O)[O-])c1. The van der Waals surface area contributed by atoms with Crippen molar-refractivity contribution in [2.24, 2.45) is 0 Å². The van der Waals surface area contributed by atoms with E-state index in [1.807, 2.05) is 30.3 Å². The van der Waals surface area contributed by atoms with E-state index in [0.717, 1.165) is 35.5 Å². The molecule has 0 aromatic heterocycles. The normalized spacial score (nSPS) is 14.2. The molecule has 1 fully saturated rings. The average Bonchev–Trinajstić information content (AvgIpc) is 3.11. The summed E-state index contributed by atoms with van der Waals surface area (Å²) in [6.07, 6.45) is 1.61. The number of nitro benzene ring substituents is 2. The van der Waals surface area contributed by atoms with E-state index in [9.17, 15) is 29.8 Å². The van der Waals surface area contributed by atoms with Crippen molar-refractivity contribution in [3.8, 4) is 5.75 Å². The molecule has 3 aromatic carbocycles. The van der Waals surface area contributed by atoms with Crippen LogP contribution in [0.2, 0.25) is 0 Å². The molecule has 0 bridgehead atoms. The number of nitrogens with zero attached hydrogens (tertiary/aromatic N) is 3. The molecule has 3 aromatic rings. The van der Waals surface area contributed by atoms with Crippen molar-refractivity contribution in [3.05, 3.63) is 115 Å². The number of nitro groups is 2. The Morgan fingerprint density at radius 1 is 0.972 bits per heavy atom. The number of rotatable bonds is 7. The van der Waals surface area contributed by atoms with Crippen LogP contribution in [0.5, 0.6) is 5.75 Å². The van der Waals surface area contributed by atoms with Gasteiger partial charge in [-0.15, -0.1) is 0 Å². The van der Waals surface area contributed by atoms with Gasteiger partial charge in [-0.3, -0.25) is 29.9 Å². The van der Waals surface area contributed by atoms with Crippen LogP contribution in [0.4, 0.5) is 11.4 Å². The molecule has 1 saturated heterocycles. The predicted octanol–water partition coefficient (Wildman–Crippen LogP) is 5.12. The monoisotopic (exact) mass is 521 g/mol. The third-order valence-corrected chi connectivity index (χ3v) is 6.36. The Balaban J connectivity index is 1.53. The third kappa shape index (κ3) is 5.62. The molecule has 0 unspecified atom stereocenters. The van der Waals surface area contributed by atoms with Gasteiger partial charge in [0.15, 0.2) is 0 Å². The summed E-state index contributed by atoms with van der Waals surface area (Å²) in [4.78, 5) is 47.8. The Morgan fingerprint density at radius 2 is 1.64 bits per heavy atom. The van der Waals surface area contributed by atoms with Crippen LogP contribution >= 0.6 is 24.0 Å². The fourth-order valence-electron chi connectivity index (χ4n) is 3.31. The van der Waals surface area contributed by atoms with Crippen molar-refractivity contribution in [2.75, 3.05) is 0 Å². The number of amides is 1. The summed E-state index contributed by atoms with van der Waals surface area (Å²) in [6.45, 7) is 0.343. The summed E-state index contributed by atoms with van der Waals surface area (Å²) in [5.41, 5.74) is -0.0798. The Kier molecular flexibility index (Phi) is 7.17. The van der Waals surface area contributed by atoms with Crippen molar-refractivity contribution < 1.29 is 24.2 Å². The number of carbonyl (C=O) groups excluding carboxylic acids is 2. The van der Waals surface area contributed by atoms with E-state index in [-0.39, 0.29) is 17.2 Å². The minimum Gasteiger partial charge on any atom is -0.423 e. The highest BCUT2D eigenvalue weighted by Gasteiger charge is 2.32. The molecule has 4 rings (SSSR count). The summed E-state index contributed by atoms with van der Waals surface area (Å²) in [5.74, 6) is -1.17. The topological polar surface area (TPSA) is 133 Å². The first-order valence-corrected chi connectivity index (χ1v) is 11.5. The fraction of sp³-hybridized carbons (Fsp3) is 0.0417. The lowest BCUT2D eigenvalue weighted by Crippen LogP contribution is -2.27. The molecule has 0 spiro atoms. The first kappa shape index (κ1) is 24.7. The molecule has 0 N–H and O–H groups in total. The first-order chi connectivity index (χ1) is 17.2. The molecule has 0 saturated carbocycles. The Hall–Kier alpha value is -4.42. The number of esters is 1. The zero-order valence-corrected chi connectivity index (χ0v) is 19.9. The standard InChI is InChI=1S/C24H15N3O7S2/c28-22-21(36-24(35)25(22)14-15-5-2-1-3-6-15)10-16-7-4-8-20(9-16)34-23(29)17-11-18(26(30)31)13-19(12-17)27(32)33/h1-13H,14H2/b21-10+.